The van der Waals surface area contributed by atoms with Crippen LogP contribution < -0.4 is 9.64 Å². The van der Waals surface area contributed by atoms with Gasteiger partial charge in [-0.05, 0) is 89.6 Å². The third-order valence-corrected chi connectivity index (χ3v) is 9.90. The van der Waals surface area contributed by atoms with Crippen LogP contribution in [0.4, 0.5) is 9.93 Å². The maximum absolute atomic E-state index is 13.0. The quantitative estimate of drug-likeness (QED) is 0.231. The topological polar surface area (TPSA) is 90.4 Å². The Morgan fingerprint density at radius 1 is 1.02 bits per heavy atom. The van der Waals surface area contributed by atoms with Crippen LogP contribution in [0.5, 0.6) is 5.75 Å². The number of fused-ring (bicyclic) bond motifs is 1. The average Bonchev–Trinajstić information content (AvgIpc) is 3.46. The first-order valence-electron chi connectivity index (χ1n) is 17.2. The number of carbonyl (C=O) groups excluding carboxylic acids is 2. The normalized spacial score (nSPS) is 19.6. The van der Waals surface area contributed by atoms with Crippen molar-refractivity contribution in [3.63, 3.8) is 0 Å². The number of methoxy groups -OCH3 is 1. The van der Waals surface area contributed by atoms with E-state index in [9.17, 15) is 9.59 Å². The number of hydrogen-bond acceptors (Lipinski definition) is 9. The Bertz CT molecular complexity index is 1650. The highest BCUT2D eigenvalue weighted by Gasteiger charge is 2.38. The summed E-state index contributed by atoms with van der Waals surface area (Å²) in [4.78, 5) is 34.9. The number of anilines is 1. The molecule has 0 unspecified atom stereocenters. The summed E-state index contributed by atoms with van der Waals surface area (Å²) < 4.78 is 23.7. The fourth-order valence-electron chi connectivity index (χ4n) is 6.65. The molecular weight excluding hydrogens is 639 g/mol. The number of para-hydroxylation sites is 1. The van der Waals surface area contributed by atoms with E-state index in [-0.39, 0.29) is 29.5 Å². The largest absolute Gasteiger partial charge is 0.488 e. The summed E-state index contributed by atoms with van der Waals surface area (Å²) in [6.07, 6.45) is 0.868. The van der Waals surface area contributed by atoms with E-state index in [1.807, 2.05) is 52.5 Å². The molecule has 2 atom stereocenters. The van der Waals surface area contributed by atoms with Gasteiger partial charge in [-0.2, -0.15) is 0 Å². The number of ether oxygens (including phenoxy) is 4. The summed E-state index contributed by atoms with van der Waals surface area (Å²) in [5.41, 5.74) is 5.06. The third kappa shape index (κ3) is 8.94. The fourth-order valence-corrected chi connectivity index (χ4v) is 7.51. The molecule has 1 saturated heterocycles. The van der Waals surface area contributed by atoms with Crippen LogP contribution in [0.1, 0.15) is 84.1 Å². The van der Waals surface area contributed by atoms with Crippen molar-refractivity contribution in [2.24, 2.45) is 5.92 Å². The van der Waals surface area contributed by atoms with Crippen molar-refractivity contribution in [1.29, 1.82) is 0 Å². The zero-order chi connectivity index (χ0) is 35.7. The number of nitrogens with zero attached hydrogens (tertiary/aromatic N) is 3. The van der Waals surface area contributed by atoms with Gasteiger partial charge in [-0.3, -0.25) is 4.79 Å². The fraction of sp³-hybridized carbons (Fsp3) is 0.564. The first-order valence-corrected chi connectivity index (χ1v) is 18.1. The van der Waals surface area contributed by atoms with E-state index in [4.69, 9.17) is 23.9 Å². The smallest absolute Gasteiger partial charge is 0.410 e. The molecule has 10 heteroatoms. The molecule has 1 fully saturated rings. The Balaban J connectivity index is 1.29. The van der Waals surface area contributed by atoms with Crippen LogP contribution in [0, 0.1) is 12.8 Å². The standard InChI is InChI=1S/C39H53N3O6S/c1-25-12-11-13-28(31-23-49-35(40-31)41-19-17-29(32(21-41)45-10)34(43)47-37(2,3)4)33(25)46-22-26-14-15-27-16-18-42(36(44)48-38(5,6)7)24-39(8,9)30(27)20-26/h11-15,20,23,29,32H,16-19,21-22,24H2,1-10H3/t29-,32+/m0/s1. The highest BCUT2D eigenvalue weighted by molar-refractivity contribution is 7.14. The van der Waals surface area contributed by atoms with E-state index in [0.29, 0.717) is 39.2 Å². The Hall–Kier alpha value is -3.63. The Labute approximate surface area is 295 Å². The van der Waals surface area contributed by atoms with Gasteiger partial charge < -0.3 is 28.7 Å². The Morgan fingerprint density at radius 3 is 2.45 bits per heavy atom. The number of carbonyl (C=O) groups is 2. The number of piperidine rings is 1. The van der Waals surface area contributed by atoms with Crippen LogP contribution in [-0.4, -0.2) is 72.5 Å². The van der Waals surface area contributed by atoms with Gasteiger partial charge in [-0.1, -0.05) is 44.2 Å². The molecule has 49 heavy (non-hydrogen) atoms. The number of amides is 1. The highest BCUT2D eigenvalue weighted by Crippen LogP contribution is 2.38. The van der Waals surface area contributed by atoms with Crippen LogP contribution in [0.15, 0.2) is 41.8 Å². The lowest BCUT2D eigenvalue weighted by molar-refractivity contribution is -0.165. The predicted octanol–water partition coefficient (Wildman–Crippen LogP) is 7.95. The lowest BCUT2D eigenvalue weighted by Gasteiger charge is -2.37. The minimum absolute atomic E-state index is 0.207. The number of aryl methyl sites for hydroxylation is 1. The number of rotatable bonds is 7. The molecule has 0 aliphatic carbocycles. The molecule has 266 valence electrons. The minimum Gasteiger partial charge on any atom is -0.488 e. The molecular formula is C39H53N3O6S. The van der Waals surface area contributed by atoms with Gasteiger partial charge in [-0.25, -0.2) is 9.78 Å². The number of thiazole rings is 1. The molecule has 2 aliphatic rings. The van der Waals surface area contributed by atoms with E-state index in [1.54, 1.807) is 18.4 Å². The monoisotopic (exact) mass is 691 g/mol. The van der Waals surface area contributed by atoms with Crippen molar-refractivity contribution >= 4 is 28.5 Å². The first kappa shape index (κ1) is 36.6. The third-order valence-electron chi connectivity index (χ3n) is 9.00. The second-order valence-corrected chi connectivity index (χ2v) is 16.8. The molecule has 3 heterocycles. The van der Waals surface area contributed by atoms with Gasteiger partial charge in [0.25, 0.3) is 0 Å². The number of esters is 1. The van der Waals surface area contributed by atoms with Crippen molar-refractivity contribution in [3.05, 3.63) is 64.0 Å². The van der Waals surface area contributed by atoms with Crippen LogP contribution in [0.25, 0.3) is 11.3 Å². The van der Waals surface area contributed by atoms with E-state index < -0.39 is 11.2 Å². The number of aromatic nitrogens is 1. The lowest BCUT2D eigenvalue weighted by atomic mass is 9.81. The molecule has 0 bridgehead atoms. The van der Waals surface area contributed by atoms with Crippen molar-refractivity contribution in [3.8, 4) is 17.0 Å². The average molecular weight is 692 g/mol. The molecule has 1 amide bonds. The molecule has 0 saturated carbocycles. The van der Waals surface area contributed by atoms with Crippen LogP contribution in [0.2, 0.25) is 0 Å². The van der Waals surface area contributed by atoms with E-state index in [1.165, 1.54) is 11.1 Å². The van der Waals surface area contributed by atoms with Gasteiger partial charge in [0.15, 0.2) is 5.13 Å². The summed E-state index contributed by atoms with van der Waals surface area (Å²) in [5, 5.41) is 2.96. The second kappa shape index (κ2) is 14.3. The van der Waals surface area contributed by atoms with E-state index in [2.05, 4.69) is 61.4 Å². The zero-order valence-electron chi connectivity index (χ0n) is 30.8. The van der Waals surface area contributed by atoms with Gasteiger partial charge in [0.1, 0.15) is 23.6 Å². The summed E-state index contributed by atoms with van der Waals surface area (Å²) in [6.45, 7) is 20.7. The van der Waals surface area contributed by atoms with Gasteiger partial charge in [0.2, 0.25) is 0 Å². The highest BCUT2D eigenvalue weighted by atomic mass is 32.1. The SMILES string of the molecule is CO[C@@H]1CN(c2nc(-c3cccc(C)c3OCc3ccc4c(c3)C(C)(C)CN(C(=O)OC(C)(C)C)CC4)cs2)CC[C@@H]1C(=O)OC(C)(C)C. The van der Waals surface area contributed by atoms with Crippen LogP contribution in [0.3, 0.4) is 0 Å². The minimum atomic E-state index is -0.536. The number of hydrogen-bond donors (Lipinski definition) is 0. The molecule has 3 aromatic rings. The molecule has 9 nitrogen and oxygen atoms in total. The second-order valence-electron chi connectivity index (χ2n) is 15.9. The lowest BCUT2D eigenvalue weighted by Crippen LogP contribution is -2.49. The summed E-state index contributed by atoms with van der Waals surface area (Å²) in [7, 11) is 1.65. The molecule has 2 aliphatic heterocycles. The van der Waals surface area contributed by atoms with Crippen molar-refractivity contribution in [2.45, 2.75) is 104 Å². The van der Waals surface area contributed by atoms with Crippen molar-refractivity contribution in [2.75, 3.05) is 38.2 Å². The van der Waals surface area contributed by atoms with Crippen LogP contribution >= 0.6 is 11.3 Å². The van der Waals surface area contributed by atoms with Gasteiger partial charge in [-0.15, -0.1) is 11.3 Å². The van der Waals surface area contributed by atoms with Gasteiger partial charge in [0.05, 0.1) is 17.7 Å². The van der Waals surface area contributed by atoms with E-state index >= 15 is 0 Å². The Kier molecular flexibility index (Phi) is 10.7. The molecule has 1 aromatic heterocycles. The van der Waals surface area contributed by atoms with Gasteiger partial charge >= 0.3 is 12.1 Å². The molecule has 0 N–H and O–H groups in total. The first-order chi connectivity index (χ1) is 22.9. The summed E-state index contributed by atoms with van der Waals surface area (Å²) in [5.74, 6) is 0.295. The predicted molar refractivity (Wildman–Crippen MR) is 195 cm³/mol. The molecule has 2 aromatic carbocycles. The van der Waals surface area contributed by atoms with Crippen molar-refractivity contribution < 1.29 is 28.5 Å². The van der Waals surface area contributed by atoms with Crippen molar-refractivity contribution in [1.82, 2.24) is 9.88 Å². The Morgan fingerprint density at radius 2 is 1.76 bits per heavy atom. The molecule has 5 rings (SSSR count). The molecule has 0 spiro atoms. The number of benzene rings is 2. The maximum Gasteiger partial charge on any atom is 0.410 e. The summed E-state index contributed by atoms with van der Waals surface area (Å²) >= 11 is 1.58. The van der Waals surface area contributed by atoms with E-state index in [0.717, 1.165) is 39.7 Å². The summed E-state index contributed by atoms with van der Waals surface area (Å²) in [6, 6.07) is 12.7. The zero-order valence-corrected chi connectivity index (χ0v) is 31.7. The molecule has 0 radical (unpaired) electrons. The van der Waals surface area contributed by atoms with Crippen LogP contribution in [-0.2, 0) is 37.4 Å². The van der Waals surface area contributed by atoms with Gasteiger partial charge in [0, 0.05) is 49.6 Å². The maximum atomic E-state index is 13.0.